The zero-order valence-corrected chi connectivity index (χ0v) is 7.93. The third-order valence-electron chi connectivity index (χ3n) is 0. The van der Waals surface area contributed by atoms with Crippen LogP contribution in [0.15, 0.2) is 0 Å². The summed E-state index contributed by atoms with van der Waals surface area (Å²) in [7, 11) is 0. The molecule has 0 aliphatic heterocycles. The molecule has 0 aliphatic rings. The van der Waals surface area contributed by atoms with Gasteiger partial charge in [0.05, 0.1) is 0 Å². The first-order chi connectivity index (χ1) is 1.73. The third-order valence-corrected chi connectivity index (χ3v) is 0. The van der Waals surface area contributed by atoms with Crippen LogP contribution >= 0.6 is 0 Å². The number of amides is 1. The fourth-order valence-electron chi connectivity index (χ4n) is 0. The Hall–Kier alpha value is 1.27. The van der Waals surface area contributed by atoms with Crippen molar-refractivity contribution < 1.29 is 71.9 Å². The van der Waals surface area contributed by atoms with Gasteiger partial charge in [-0.05, 0) is 0 Å². The van der Waals surface area contributed by atoms with Gasteiger partial charge in [-0.2, -0.15) is 0 Å². The molecular weight excluding hydrogens is 104 g/mol. The molecule has 0 bridgehead atoms. The minimum Gasteiger partial charge on any atom is -1.00 e. The van der Waals surface area contributed by atoms with E-state index in [-0.39, 0.29) is 62.0 Å². The first-order valence-electron chi connectivity index (χ1n) is 0.716. The SMILES string of the molecule is NC(=O)O.[H-].[H-].[Na+].[Na+]. The summed E-state index contributed by atoms with van der Waals surface area (Å²) in [4.78, 5) is 8.78. The average molecular weight is 109 g/mol. The molecule has 0 heterocycles. The minimum absolute atomic E-state index is 0. The molecule has 0 spiro atoms. The summed E-state index contributed by atoms with van der Waals surface area (Å²) in [5, 5.41) is 7.19. The Kier molecular flexibility index (Phi) is 25.0. The predicted molar refractivity (Wildman–Crippen MR) is 14.4 cm³/mol. The Labute approximate surface area is 82.8 Å². The topological polar surface area (TPSA) is 63.3 Å². The van der Waals surface area contributed by atoms with Crippen molar-refractivity contribution in [3.05, 3.63) is 0 Å². The maximum absolute atomic E-state index is 8.78. The van der Waals surface area contributed by atoms with Gasteiger partial charge < -0.3 is 13.7 Å². The van der Waals surface area contributed by atoms with Crippen LogP contribution in [0, 0.1) is 0 Å². The Morgan fingerprint density at radius 2 is 1.67 bits per heavy atom. The van der Waals surface area contributed by atoms with E-state index in [1.807, 2.05) is 0 Å². The van der Waals surface area contributed by atoms with Gasteiger partial charge in [0.25, 0.3) is 0 Å². The molecule has 0 aliphatic carbocycles. The van der Waals surface area contributed by atoms with E-state index < -0.39 is 6.09 Å². The van der Waals surface area contributed by atoms with Crippen LogP contribution in [-0.2, 0) is 0 Å². The summed E-state index contributed by atoms with van der Waals surface area (Å²) < 4.78 is 0. The van der Waals surface area contributed by atoms with Crippen molar-refractivity contribution in [3.8, 4) is 0 Å². The fraction of sp³-hybridized carbons (Fsp3) is 0. The largest absolute Gasteiger partial charge is 1.00 e. The molecule has 0 saturated carbocycles. The normalized spacial score (nSPS) is 4.00. The number of carboxylic acid groups (broad SMARTS) is 1. The molecule has 0 aromatic heterocycles. The number of hydrogen-bond donors (Lipinski definition) is 2. The van der Waals surface area contributed by atoms with E-state index in [0.29, 0.717) is 0 Å². The van der Waals surface area contributed by atoms with E-state index in [1.54, 1.807) is 0 Å². The van der Waals surface area contributed by atoms with Gasteiger partial charge in [-0.1, -0.05) is 0 Å². The van der Waals surface area contributed by atoms with Gasteiger partial charge in [-0.15, -0.1) is 0 Å². The van der Waals surface area contributed by atoms with Crippen LogP contribution in [0.5, 0.6) is 0 Å². The maximum Gasteiger partial charge on any atom is 1.00 e. The molecule has 5 heteroatoms. The van der Waals surface area contributed by atoms with E-state index in [4.69, 9.17) is 9.90 Å². The molecule has 0 rings (SSSR count). The van der Waals surface area contributed by atoms with Crippen molar-refractivity contribution >= 4 is 6.09 Å². The molecule has 0 aromatic carbocycles. The molecule has 0 aromatic rings. The second kappa shape index (κ2) is 9.55. The quantitative estimate of drug-likeness (QED) is 0.304. The van der Waals surface area contributed by atoms with Gasteiger partial charge >= 0.3 is 65.2 Å². The van der Waals surface area contributed by atoms with Crippen LogP contribution < -0.4 is 64.8 Å². The molecule has 0 atom stereocenters. The second-order valence-electron chi connectivity index (χ2n) is 0.338. The van der Waals surface area contributed by atoms with E-state index in [0.717, 1.165) is 0 Å². The Bertz CT molecular complexity index is 41.0. The van der Waals surface area contributed by atoms with Crippen molar-refractivity contribution in [1.29, 1.82) is 0 Å². The summed E-state index contributed by atoms with van der Waals surface area (Å²) in [5.74, 6) is 0. The molecular formula is CH5NNa2O2. The standard InChI is InChI=1S/CH3NO2.2Na.2H/c2-1(3)4;;;;/h2H2,(H,3,4);;;;/q;2*+1;2*-1. The Morgan fingerprint density at radius 1 is 1.67 bits per heavy atom. The van der Waals surface area contributed by atoms with E-state index in [1.165, 1.54) is 0 Å². The fourth-order valence-corrected chi connectivity index (χ4v) is 0. The molecule has 3 nitrogen and oxygen atoms in total. The van der Waals surface area contributed by atoms with Gasteiger partial charge in [0, 0.05) is 0 Å². The number of rotatable bonds is 0. The van der Waals surface area contributed by atoms with Gasteiger partial charge in [-0.25, -0.2) is 4.79 Å². The van der Waals surface area contributed by atoms with Crippen molar-refractivity contribution in [2.45, 2.75) is 0 Å². The first-order valence-corrected chi connectivity index (χ1v) is 0.716. The number of primary amides is 1. The number of nitrogens with two attached hydrogens (primary N) is 1. The van der Waals surface area contributed by atoms with Gasteiger partial charge in [0.2, 0.25) is 0 Å². The smallest absolute Gasteiger partial charge is 1.00 e. The Balaban J connectivity index is -0.00000000750. The third kappa shape index (κ3) is 59.6. The van der Waals surface area contributed by atoms with Crippen LogP contribution in [0.4, 0.5) is 4.79 Å². The monoisotopic (exact) mass is 109 g/mol. The zero-order valence-electron chi connectivity index (χ0n) is 5.93. The Morgan fingerprint density at radius 3 is 1.67 bits per heavy atom. The molecule has 0 fully saturated rings. The van der Waals surface area contributed by atoms with Gasteiger partial charge in [0.1, 0.15) is 0 Å². The van der Waals surface area contributed by atoms with Crippen molar-refractivity contribution in [1.82, 2.24) is 0 Å². The van der Waals surface area contributed by atoms with Crippen LogP contribution in [0.1, 0.15) is 2.85 Å². The van der Waals surface area contributed by atoms with Crippen LogP contribution in [-0.4, -0.2) is 11.2 Å². The van der Waals surface area contributed by atoms with Gasteiger partial charge in [0.15, 0.2) is 0 Å². The maximum atomic E-state index is 8.78. The number of carbonyl (C=O) groups is 1. The molecule has 6 heavy (non-hydrogen) atoms. The average Bonchev–Trinajstić information content (AvgIpc) is 0.811. The van der Waals surface area contributed by atoms with E-state index in [2.05, 4.69) is 5.73 Å². The minimum atomic E-state index is -1.33. The van der Waals surface area contributed by atoms with Crippen LogP contribution in [0.3, 0.4) is 0 Å². The molecule has 28 valence electrons. The van der Waals surface area contributed by atoms with E-state index in [9.17, 15) is 0 Å². The molecule has 1 amide bonds. The summed E-state index contributed by atoms with van der Waals surface area (Å²) in [6.07, 6.45) is -1.33. The summed E-state index contributed by atoms with van der Waals surface area (Å²) in [6.45, 7) is 0. The molecule has 0 radical (unpaired) electrons. The van der Waals surface area contributed by atoms with E-state index >= 15 is 0 Å². The molecule has 0 saturated heterocycles. The van der Waals surface area contributed by atoms with Crippen LogP contribution in [0.25, 0.3) is 0 Å². The molecule has 3 N–H and O–H groups in total. The van der Waals surface area contributed by atoms with Crippen molar-refractivity contribution in [2.75, 3.05) is 0 Å². The van der Waals surface area contributed by atoms with Gasteiger partial charge in [-0.3, -0.25) is 0 Å². The molecule has 0 unspecified atom stereocenters. The van der Waals surface area contributed by atoms with Crippen molar-refractivity contribution in [3.63, 3.8) is 0 Å². The second-order valence-corrected chi connectivity index (χ2v) is 0.338. The number of hydrogen-bond acceptors (Lipinski definition) is 1. The first kappa shape index (κ1) is 15.7. The predicted octanol–water partition coefficient (Wildman–Crippen LogP) is -6.14. The summed E-state index contributed by atoms with van der Waals surface area (Å²) >= 11 is 0. The van der Waals surface area contributed by atoms with Crippen molar-refractivity contribution in [2.24, 2.45) is 5.73 Å². The summed E-state index contributed by atoms with van der Waals surface area (Å²) in [5.41, 5.74) is 4.03. The summed E-state index contributed by atoms with van der Waals surface area (Å²) in [6, 6.07) is 0. The zero-order chi connectivity index (χ0) is 3.58. The van der Waals surface area contributed by atoms with Crippen LogP contribution in [0.2, 0.25) is 0 Å².